The van der Waals surface area contributed by atoms with Gasteiger partial charge in [0.2, 0.25) is 0 Å². The molecule has 10 radical (unpaired) electrons. The molecule has 0 aromatic rings. The van der Waals surface area contributed by atoms with Gasteiger partial charge in [-0.15, -0.1) is 0 Å². The first-order valence-electron chi connectivity index (χ1n) is 0. The van der Waals surface area contributed by atoms with Crippen LogP contribution >= 0.6 is 0 Å². The van der Waals surface area contributed by atoms with Crippen molar-refractivity contribution in [2.45, 2.75) is 0 Å². The molecule has 0 rings (SSSR count). The van der Waals surface area contributed by atoms with E-state index in [0.29, 0.717) is 0 Å². The van der Waals surface area contributed by atoms with E-state index >= 15 is 0 Å². The average molecular weight is 401 g/mol. The Balaban J connectivity index is 0. The minimum Gasteiger partial charge on any atom is 0 e. The molecule has 0 nitrogen and oxygen atoms in total. The van der Waals surface area contributed by atoms with Crippen LogP contribution in [0.4, 0.5) is 0 Å². The van der Waals surface area contributed by atoms with E-state index in [1.165, 1.54) is 0 Å². The zero-order chi connectivity index (χ0) is 0. The van der Waals surface area contributed by atoms with Crippen LogP contribution in [0.5, 0.6) is 0 Å². The minimum atomic E-state index is 0. The molecular weight excluding hydrogens is 401 g/mol. The third-order valence-electron chi connectivity index (χ3n) is 0. The fraction of sp³-hybridized carbons (Fsp3) is 0. The van der Waals surface area contributed by atoms with E-state index in [0.717, 1.165) is 0 Å². The SMILES string of the molecule is [Ga].[Ga].[Ga].[Ir]. The summed E-state index contributed by atoms with van der Waals surface area (Å²) in [6.45, 7) is 0. The molecule has 0 fully saturated rings. The third kappa shape index (κ3) is 8.82. The Morgan fingerprint density at radius 3 is 0.500 bits per heavy atom. The number of rotatable bonds is 0. The van der Waals surface area contributed by atoms with Gasteiger partial charge in [0, 0.05) is 79.5 Å². The summed E-state index contributed by atoms with van der Waals surface area (Å²) in [6, 6.07) is 0. The zero-order valence-electron chi connectivity index (χ0n) is 2.07. The molecule has 4 heteroatoms. The van der Waals surface area contributed by atoms with E-state index in [2.05, 4.69) is 0 Å². The summed E-state index contributed by atoms with van der Waals surface area (Å²) in [4.78, 5) is 0. The molecule has 0 spiro atoms. The quantitative estimate of drug-likeness (QED) is 0.450. The van der Waals surface area contributed by atoms with Crippen LogP contribution < -0.4 is 0 Å². The molecular formula is Ga3Ir. The molecule has 0 aliphatic heterocycles. The van der Waals surface area contributed by atoms with Crippen molar-refractivity contribution in [2.75, 3.05) is 0 Å². The second-order valence-electron chi connectivity index (χ2n) is 0. The van der Waals surface area contributed by atoms with Gasteiger partial charge in [-0.25, -0.2) is 0 Å². The molecule has 0 heterocycles. The predicted octanol–water partition coefficient (Wildman–Crippen LogP) is -1.14. The molecule has 0 aliphatic rings. The van der Waals surface area contributed by atoms with Crippen LogP contribution in [-0.2, 0) is 20.1 Å². The maximum Gasteiger partial charge on any atom is 0 e. The van der Waals surface area contributed by atoms with Crippen molar-refractivity contribution in [2.24, 2.45) is 0 Å². The molecule has 0 saturated heterocycles. The maximum atomic E-state index is 0. The fourth-order valence-electron chi connectivity index (χ4n) is 0. The van der Waals surface area contributed by atoms with E-state index in [1.54, 1.807) is 0 Å². The summed E-state index contributed by atoms with van der Waals surface area (Å²) in [5.41, 5.74) is 0. The van der Waals surface area contributed by atoms with Gasteiger partial charge in [-0.2, -0.15) is 0 Å². The Labute approximate surface area is 78.4 Å². The van der Waals surface area contributed by atoms with Gasteiger partial charge >= 0.3 is 0 Å². The second-order valence-corrected chi connectivity index (χ2v) is 0. The molecule has 0 amide bonds. The summed E-state index contributed by atoms with van der Waals surface area (Å²) in [5.74, 6) is 0. The van der Waals surface area contributed by atoms with Gasteiger partial charge in [-0.1, -0.05) is 0 Å². The fourth-order valence-corrected chi connectivity index (χ4v) is 0. The molecule has 0 aromatic carbocycles. The maximum absolute atomic E-state index is 0. The summed E-state index contributed by atoms with van der Waals surface area (Å²) in [5, 5.41) is 0. The summed E-state index contributed by atoms with van der Waals surface area (Å²) in [7, 11) is 0. The van der Waals surface area contributed by atoms with E-state index in [1.807, 2.05) is 0 Å². The van der Waals surface area contributed by atoms with Crippen LogP contribution in [-0.4, -0.2) is 59.4 Å². The average Bonchev–Trinajstić information content (AvgIpc) is 0. The largest absolute Gasteiger partial charge is 0 e. The molecule has 0 bridgehead atoms. The number of hydrogen-bond donors (Lipinski definition) is 0. The molecule has 0 unspecified atom stereocenters. The smallest absolute Gasteiger partial charge is 0 e. The van der Waals surface area contributed by atoms with Crippen LogP contribution in [0.25, 0.3) is 0 Å². The van der Waals surface area contributed by atoms with Crippen molar-refractivity contribution in [3.8, 4) is 0 Å². The van der Waals surface area contributed by atoms with E-state index in [4.69, 9.17) is 0 Å². The molecule has 4 heavy (non-hydrogen) atoms. The van der Waals surface area contributed by atoms with Gasteiger partial charge in [0.15, 0.2) is 0 Å². The van der Waals surface area contributed by atoms with Crippen LogP contribution in [0.3, 0.4) is 0 Å². The molecule has 18 valence electrons. The molecule has 0 atom stereocenters. The zero-order valence-corrected chi connectivity index (χ0v) is 11.7. The summed E-state index contributed by atoms with van der Waals surface area (Å²) in [6.07, 6.45) is 0. The topological polar surface area (TPSA) is 0 Å². The Hall–Kier alpha value is 2.56. The minimum absolute atomic E-state index is 0. The van der Waals surface area contributed by atoms with Gasteiger partial charge in [0.1, 0.15) is 0 Å². The van der Waals surface area contributed by atoms with E-state index < -0.39 is 0 Å². The van der Waals surface area contributed by atoms with Crippen molar-refractivity contribution >= 4 is 59.4 Å². The monoisotopic (exact) mass is 400 g/mol. The first-order chi connectivity index (χ1) is 0. The van der Waals surface area contributed by atoms with Crippen molar-refractivity contribution in [1.82, 2.24) is 0 Å². The van der Waals surface area contributed by atoms with Crippen LogP contribution in [0.15, 0.2) is 0 Å². The Morgan fingerprint density at radius 2 is 0.500 bits per heavy atom. The summed E-state index contributed by atoms with van der Waals surface area (Å²) < 4.78 is 0. The van der Waals surface area contributed by atoms with E-state index in [9.17, 15) is 0 Å². The van der Waals surface area contributed by atoms with Gasteiger partial charge in [-0.05, 0) is 0 Å². The first kappa shape index (κ1) is 31.0. The predicted molar refractivity (Wildman–Crippen MR) is 17.3 cm³/mol. The molecule has 0 saturated carbocycles. The Morgan fingerprint density at radius 1 is 0.500 bits per heavy atom. The third-order valence-corrected chi connectivity index (χ3v) is 0. The first-order valence-corrected chi connectivity index (χ1v) is 0. The Bertz CT molecular complexity index is 3.25. The van der Waals surface area contributed by atoms with Gasteiger partial charge in [0.05, 0.1) is 0 Å². The summed E-state index contributed by atoms with van der Waals surface area (Å²) >= 11 is 0. The molecule has 0 N–H and O–H groups in total. The van der Waals surface area contributed by atoms with Gasteiger partial charge < -0.3 is 0 Å². The Kier molecular flexibility index (Phi) is 137. The van der Waals surface area contributed by atoms with Crippen molar-refractivity contribution in [3.05, 3.63) is 0 Å². The van der Waals surface area contributed by atoms with Gasteiger partial charge in [-0.3, -0.25) is 0 Å². The number of hydrogen-bond acceptors (Lipinski definition) is 0. The molecule has 0 aromatic heterocycles. The van der Waals surface area contributed by atoms with Crippen molar-refractivity contribution in [3.63, 3.8) is 0 Å². The molecule has 0 aliphatic carbocycles. The van der Waals surface area contributed by atoms with Crippen molar-refractivity contribution < 1.29 is 20.1 Å². The van der Waals surface area contributed by atoms with Crippen LogP contribution in [0, 0.1) is 0 Å². The van der Waals surface area contributed by atoms with Gasteiger partial charge in [0.25, 0.3) is 0 Å². The van der Waals surface area contributed by atoms with Crippen LogP contribution in [0.2, 0.25) is 0 Å². The van der Waals surface area contributed by atoms with E-state index in [-0.39, 0.29) is 79.5 Å². The van der Waals surface area contributed by atoms with Crippen molar-refractivity contribution in [1.29, 1.82) is 0 Å². The second kappa shape index (κ2) is 17.6. The standard InChI is InChI=1S/3Ga.Ir. The van der Waals surface area contributed by atoms with Crippen LogP contribution in [0.1, 0.15) is 0 Å². The normalized spacial score (nSPS) is 0.